The number of aryl methyl sites for hydroxylation is 1. The minimum Gasteiger partial charge on any atom is -0.497 e. The van der Waals surface area contributed by atoms with Crippen molar-refractivity contribution in [3.05, 3.63) is 59.5 Å². The zero-order chi connectivity index (χ0) is 22.1. The summed E-state index contributed by atoms with van der Waals surface area (Å²) < 4.78 is 11.0. The molecule has 2 saturated heterocycles. The smallest absolute Gasteiger partial charge is 0.274 e. The highest BCUT2D eigenvalue weighted by atomic mass is 16.5. The predicted octanol–water partition coefficient (Wildman–Crippen LogP) is 4.12. The first-order chi connectivity index (χ1) is 15.5. The fraction of sp³-hybridized carbons (Fsp3) is 0.440. The van der Waals surface area contributed by atoms with Crippen LogP contribution in [0.2, 0.25) is 0 Å². The number of methoxy groups -OCH3 is 1. The minimum absolute atomic E-state index is 0.00225. The van der Waals surface area contributed by atoms with Gasteiger partial charge < -0.3 is 14.1 Å². The topological polar surface area (TPSA) is 74.6 Å². The molecule has 4 heterocycles. The van der Waals surface area contributed by atoms with E-state index in [4.69, 9.17) is 9.15 Å². The lowest BCUT2D eigenvalue weighted by Crippen LogP contribution is -2.45. The van der Waals surface area contributed by atoms with E-state index < -0.39 is 0 Å². The molecule has 1 atom stereocenters. The highest BCUT2D eigenvalue weighted by Crippen LogP contribution is 2.40. The number of benzene rings is 1. The van der Waals surface area contributed by atoms with E-state index in [0.29, 0.717) is 11.5 Å². The molecule has 2 aliphatic rings. The maximum Gasteiger partial charge on any atom is 0.274 e. The number of amides is 1. The van der Waals surface area contributed by atoms with Gasteiger partial charge in [0.15, 0.2) is 11.5 Å². The molecule has 2 aromatic heterocycles. The Hall–Kier alpha value is -3.06. The molecule has 7 heteroatoms. The van der Waals surface area contributed by atoms with Crippen molar-refractivity contribution in [1.29, 1.82) is 0 Å². The van der Waals surface area contributed by atoms with Crippen LogP contribution in [-0.2, 0) is 6.54 Å². The number of hydrogen-bond donors (Lipinski definition) is 1. The average molecular weight is 435 g/mol. The second kappa shape index (κ2) is 8.47. The van der Waals surface area contributed by atoms with Crippen LogP contribution in [-0.4, -0.2) is 59.2 Å². The Kier molecular flexibility index (Phi) is 5.51. The lowest BCUT2D eigenvalue weighted by Gasteiger charge is -2.40. The molecule has 0 aliphatic carbocycles. The number of aromatic nitrogens is 2. The van der Waals surface area contributed by atoms with Gasteiger partial charge in [-0.1, -0.05) is 12.1 Å². The molecule has 1 amide bonds. The Balaban J connectivity index is 1.24. The van der Waals surface area contributed by atoms with E-state index >= 15 is 0 Å². The van der Waals surface area contributed by atoms with E-state index in [9.17, 15) is 4.79 Å². The number of rotatable bonds is 5. The van der Waals surface area contributed by atoms with Gasteiger partial charge in [0.2, 0.25) is 0 Å². The SMILES string of the molecule is COc1cccc(CN2CCCC3(CCN(C(=O)c4cc(-c5ccc(C)o5)[nH]n4)C3)C2)c1. The number of carbonyl (C=O) groups excluding carboxylic acids is 1. The van der Waals surface area contributed by atoms with Crippen LogP contribution in [0.25, 0.3) is 11.5 Å². The number of furan rings is 1. The fourth-order valence-electron chi connectivity index (χ4n) is 5.21. The van der Waals surface area contributed by atoms with Gasteiger partial charge >= 0.3 is 0 Å². The molecule has 32 heavy (non-hydrogen) atoms. The van der Waals surface area contributed by atoms with Crippen LogP contribution in [0.5, 0.6) is 5.75 Å². The van der Waals surface area contributed by atoms with Crippen LogP contribution in [0.4, 0.5) is 0 Å². The largest absolute Gasteiger partial charge is 0.497 e. The van der Waals surface area contributed by atoms with Crippen molar-refractivity contribution in [1.82, 2.24) is 20.0 Å². The molecule has 7 nitrogen and oxygen atoms in total. The second-order valence-electron chi connectivity index (χ2n) is 9.22. The van der Waals surface area contributed by atoms with Crippen molar-refractivity contribution in [2.45, 2.75) is 32.7 Å². The van der Waals surface area contributed by atoms with Crippen molar-refractivity contribution in [2.24, 2.45) is 5.41 Å². The van der Waals surface area contributed by atoms with Crippen LogP contribution in [0.1, 0.15) is 41.1 Å². The van der Waals surface area contributed by atoms with Gasteiger partial charge in [-0.25, -0.2) is 0 Å². The van der Waals surface area contributed by atoms with E-state index in [1.165, 1.54) is 12.0 Å². The number of carbonyl (C=O) groups is 1. The predicted molar refractivity (Wildman–Crippen MR) is 121 cm³/mol. The summed E-state index contributed by atoms with van der Waals surface area (Å²) in [5, 5.41) is 7.21. The van der Waals surface area contributed by atoms with Crippen LogP contribution in [0.15, 0.2) is 46.9 Å². The van der Waals surface area contributed by atoms with Crippen molar-refractivity contribution in [2.75, 3.05) is 33.3 Å². The van der Waals surface area contributed by atoms with Gasteiger partial charge in [0.05, 0.1) is 7.11 Å². The Morgan fingerprint density at radius 1 is 1.19 bits per heavy atom. The molecule has 2 aliphatic heterocycles. The van der Waals surface area contributed by atoms with E-state index in [1.807, 2.05) is 36.1 Å². The van der Waals surface area contributed by atoms with E-state index in [1.54, 1.807) is 13.2 Å². The Labute approximate surface area is 188 Å². The Morgan fingerprint density at radius 3 is 2.91 bits per heavy atom. The fourth-order valence-corrected chi connectivity index (χ4v) is 5.21. The summed E-state index contributed by atoms with van der Waals surface area (Å²) in [6, 6.07) is 13.9. The number of H-pyrrole nitrogens is 1. The second-order valence-corrected chi connectivity index (χ2v) is 9.22. The van der Waals surface area contributed by atoms with Gasteiger partial charge in [0, 0.05) is 37.7 Å². The molecule has 1 aromatic carbocycles. The lowest BCUT2D eigenvalue weighted by molar-refractivity contribution is 0.0671. The van der Waals surface area contributed by atoms with Gasteiger partial charge in [-0.05, 0) is 62.6 Å². The maximum absolute atomic E-state index is 13.2. The Morgan fingerprint density at radius 2 is 2.09 bits per heavy atom. The summed E-state index contributed by atoms with van der Waals surface area (Å²) in [5.74, 6) is 2.43. The third-order valence-electron chi connectivity index (χ3n) is 6.81. The molecule has 168 valence electrons. The molecule has 2 fully saturated rings. The van der Waals surface area contributed by atoms with Crippen LogP contribution < -0.4 is 4.74 Å². The first kappa shape index (κ1) is 20.8. The van der Waals surface area contributed by atoms with E-state index in [-0.39, 0.29) is 11.3 Å². The third kappa shape index (κ3) is 4.17. The molecule has 0 saturated carbocycles. The molecule has 3 aromatic rings. The molecule has 1 N–H and O–H groups in total. The summed E-state index contributed by atoms with van der Waals surface area (Å²) in [4.78, 5) is 17.7. The van der Waals surface area contributed by atoms with Crippen LogP contribution >= 0.6 is 0 Å². The van der Waals surface area contributed by atoms with Gasteiger partial charge in [0.25, 0.3) is 5.91 Å². The van der Waals surface area contributed by atoms with Gasteiger partial charge in [0.1, 0.15) is 17.2 Å². The van der Waals surface area contributed by atoms with E-state index in [2.05, 4.69) is 27.2 Å². The van der Waals surface area contributed by atoms with Gasteiger partial charge in [-0.3, -0.25) is 14.8 Å². The third-order valence-corrected chi connectivity index (χ3v) is 6.81. The number of likely N-dealkylation sites (tertiary alicyclic amines) is 2. The molecule has 5 rings (SSSR count). The summed E-state index contributed by atoms with van der Waals surface area (Å²) in [7, 11) is 1.71. The molecular formula is C25H30N4O3. The van der Waals surface area contributed by atoms with Crippen molar-refractivity contribution >= 4 is 5.91 Å². The monoisotopic (exact) mass is 434 g/mol. The van der Waals surface area contributed by atoms with E-state index in [0.717, 1.165) is 62.8 Å². The van der Waals surface area contributed by atoms with Crippen molar-refractivity contribution in [3.8, 4) is 17.2 Å². The average Bonchev–Trinajstić information content (AvgIpc) is 3.54. The van der Waals surface area contributed by atoms with Gasteiger partial charge in [-0.15, -0.1) is 0 Å². The molecule has 1 spiro atoms. The Bertz CT molecular complexity index is 1100. The number of hydrogen-bond acceptors (Lipinski definition) is 5. The number of nitrogens with one attached hydrogen (secondary N) is 1. The quantitative estimate of drug-likeness (QED) is 0.654. The summed E-state index contributed by atoms with van der Waals surface area (Å²) in [6.07, 6.45) is 3.38. The van der Waals surface area contributed by atoms with Crippen molar-refractivity contribution < 1.29 is 13.9 Å². The highest BCUT2D eigenvalue weighted by Gasteiger charge is 2.43. The van der Waals surface area contributed by atoms with Crippen LogP contribution in [0, 0.1) is 12.3 Å². The molecule has 1 unspecified atom stereocenters. The number of aromatic amines is 1. The summed E-state index contributed by atoms with van der Waals surface area (Å²) in [5.41, 5.74) is 2.63. The standard InChI is InChI=1S/C25H30N4O3/c1-18-7-8-23(32-18)21-14-22(27-26-21)24(30)29-12-10-25(17-29)9-4-11-28(16-25)15-19-5-3-6-20(13-19)31-2/h3,5-8,13-14H,4,9-12,15-17H2,1-2H3,(H,26,27). The highest BCUT2D eigenvalue weighted by molar-refractivity contribution is 5.93. The molecule has 0 radical (unpaired) electrons. The lowest BCUT2D eigenvalue weighted by atomic mass is 9.79. The molecular weight excluding hydrogens is 404 g/mol. The number of ether oxygens (including phenoxy) is 1. The van der Waals surface area contributed by atoms with Crippen LogP contribution in [0.3, 0.4) is 0 Å². The minimum atomic E-state index is -0.00225. The zero-order valence-corrected chi connectivity index (χ0v) is 18.8. The first-order valence-corrected chi connectivity index (χ1v) is 11.3. The number of piperidine rings is 1. The van der Waals surface area contributed by atoms with Crippen molar-refractivity contribution in [3.63, 3.8) is 0 Å². The van der Waals surface area contributed by atoms with Gasteiger partial charge in [-0.2, -0.15) is 5.10 Å². The summed E-state index contributed by atoms with van der Waals surface area (Å²) in [6.45, 7) is 6.51. The maximum atomic E-state index is 13.2. The normalized spacial score (nSPS) is 21.4. The first-order valence-electron chi connectivity index (χ1n) is 11.3. The number of nitrogens with zero attached hydrogens (tertiary/aromatic N) is 3. The molecule has 0 bridgehead atoms. The summed E-state index contributed by atoms with van der Waals surface area (Å²) >= 11 is 0. The zero-order valence-electron chi connectivity index (χ0n) is 18.8.